The van der Waals surface area contributed by atoms with Gasteiger partial charge in [-0.05, 0) is 38.0 Å². The zero-order valence-electron chi connectivity index (χ0n) is 15.5. The van der Waals surface area contributed by atoms with Crippen LogP contribution in [0.5, 0.6) is 5.75 Å². The van der Waals surface area contributed by atoms with Crippen molar-refractivity contribution in [2.45, 2.75) is 46.1 Å². The SMILES string of the molecule is CCc1nn(C)c(CC)c1CC(=O)NC(C)c1cc(F)ccc1OC. The molecule has 2 aromatic rings. The van der Waals surface area contributed by atoms with E-state index in [9.17, 15) is 9.18 Å². The number of rotatable bonds is 7. The van der Waals surface area contributed by atoms with Gasteiger partial charge in [0, 0.05) is 23.9 Å². The maximum absolute atomic E-state index is 13.5. The van der Waals surface area contributed by atoms with Gasteiger partial charge < -0.3 is 10.1 Å². The summed E-state index contributed by atoms with van der Waals surface area (Å²) in [6.45, 7) is 5.90. The molecular formula is C19H26FN3O2. The van der Waals surface area contributed by atoms with Crippen LogP contribution >= 0.6 is 0 Å². The molecule has 0 fully saturated rings. The van der Waals surface area contributed by atoms with Gasteiger partial charge in [0.15, 0.2) is 0 Å². The van der Waals surface area contributed by atoms with Crippen LogP contribution in [0.2, 0.25) is 0 Å². The lowest BCUT2D eigenvalue weighted by Gasteiger charge is -2.17. The quantitative estimate of drug-likeness (QED) is 0.837. The standard InChI is InChI=1S/C19H26FN3O2/c1-6-16-15(17(7-2)23(4)22-16)11-19(24)21-12(3)14-10-13(20)8-9-18(14)25-5/h8-10,12H,6-7,11H2,1-5H3,(H,21,24). The second kappa shape index (κ2) is 8.14. The third kappa shape index (κ3) is 4.18. The van der Waals surface area contributed by atoms with Crippen LogP contribution in [-0.4, -0.2) is 22.8 Å². The van der Waals surface area contributed by atoms with Crippen LogP contribution in [0, 0.1) is 5.82 Å². The number of hydrogen-bond donors (Lipinski definition) is 1. The Bertz CT molecular complexity index is 755. The summed E-state index contributed by atoms with van der Waals surface area (Å²) in [6, 6.07) is 3.94. The van der Waals surface area contributed by atoms with Crippen molar-refractivity contribution in [3.05, 3.63) is 46.5 Å². The van der Waals surface area contributed by atoms with Gasteiger partial charge in [0.2, 0.25) is 5.91 Å². The largest absolute Gasteiger partial charge is 0.496 e. The molecule has 1 amide bonds. The van der Waals surface area contributed by atoms with Crippen molar-refractivity contribution >= 4 is 5.91 Å². The Morgan fingerprint density at radius 2 is 2.08 bits per heavy atom. The van der Waals surface area contributed by atoms with Gasteiger partial charge in [-0.15, -0.1) is 0 Å². The molecule has 0 saturated heterocycles. The van der Waals surface area contributed by atoms with E-state index in [1.165, 1.54) is 19.2 Å². The Balaban J connectivity index is 2.17. The maximum atomic E-state index is 13.5. The Morgan fingerprint density at radius 1 is 1.36 bits per heavy atom. The van der Waals surface area contributed by atoms with E-state index in [0.717, 1.165) is 29.8 Å². The summed E-state index contributed by atoms with van der Waals surface area (Å²) in [7, 11) is 3.43. The second-order valence-electron chi connectivity index (χ2n) is 6.05. The average molecular weight is 347 g/mol. The highest BCUT2D eigenvalue weighted by Gasteiger charge is 2.19. The third-order valence-corrected chi connectivity index (χ3v) is 4.40. The highest BCUT2D eigenvalue weighted by atomic mass is 19.1. The zero-order chi connectivity index (χ0) is 18.6. The van der Waals surface area contributed by atoms with Gasteiger partial charge in [-0.2, -0.15) is 5.10 Å². The summed E-state index contributed by atoms with van der Waals surface area (Å²) < 4.78 is 20.7. The molecule has 0 aliphatic carbocycles. The molecule has 0 aliphatic heterocycles. The molecular weight excluding hydrogens is 321 g/mol. The van der Waals surface area contributed by atoms with Crippen molar-refractivity contribution < 1.29 is 13.9 Å². The predicted octanol–water partition coefficient (Wildman–Crippen LogP) is 3.11. The summed E-state index contributed by atoms with van der Waals surface area (Å²) in [5.74, 6) is 0.0842. The molecule has 0 aliphatic rings. The third-order valence-electron chi connectivity index (χ3n) is 4.40. The molecule has 2 rings (SSSR count). The van der Waals surface area contributed by atoms with Crippen molar-refractivity contribution in [2.75, 3.05) is 7.11 Å². The highest BCUT2D eigenvalue weighted by molar-refractivity contribution is 5.79. The van der Waals surface area contributed by atoms with Crippen molar-refractivity contribution in [1.82, 2.24) is 15.1 Å². The van der Waals surface area contributed by atoms with Gasteiger partial charge in [0.1, 0.15) is 11.6 Å². The minimum absolute atomic E-state index is 0.115. The molecule has 0 radical (unpaired) electrons. The predicted molar refractivity (Wildman–Crippen MR) is 95.2 cm³/mol. The van der Waals surface area contributed by atoms with Gasteiger partial charge in [0.05, 0.1) is 25.3 Å². The number of halogens is 1. The van der Waals surface area contributed by atoms with Crippen molar-refractivity contribution in [3.8, 4) is 5.75 Å². The number of nitrogens with zero attached hydrogens (tertiary/aromatic N) is 2. The summed E-state index contributed by atoms with van der Waals surface area (Å²) in [4.78, 5) is 12.5. The van der Waals surface area contributed by atoms with E-state index >= 15 is 0 Å². The van der Waals surface area contributed by atoms with Crippen LogP contribution in [0.15, 0.2) is 18.2 Å². The number of nitrogens with one attached hydrogen (secondary N) is 1. The van der Waals surface area contributed by atoms with E-state index in [0.29, 0.717) is 11.3 Å². The Labute approximate surface area is 148 Å². The number of benzene rings is 1. The van der Waals surface area contributed by atoms with Gasteiger partial charge in [-0.1, -0.05) is 13.8 Å². The number of amides is 1. The van der Waals surface area contributed by atoms with Crippen molar-refractivity contribution in [1.29, 1.82) is 0 Å². The minimum atomic E-state index is -0.357. The molecule has 0 saturated carbocycles. The normalized spacial score (nSPS) is 12.1. The van der Waals surface area contributed by atoms with Crippen LogP contribution in [0.4, 0.5) is 4.39 Å². The van der Waals surface area contributed by atoms with Crippen LogP contribution in [0.1, 0.15) is 49.3 Å². The number of ether oxygens (including phenoxy) is 1. The fourth-order valence-corrected chi connectivity index (χ4v) is 3.17. The number of hydrogen-bond acceptors (Lipinski definition) is 3. The van der Waals surface area contributed by atoms with E-state index < -0.39 is 0 Å². The van der Waals surface area contributed by atoms with Gasteiger partial charge >= 0.3 is 0 Å². The smallest absolute Gasteiger partial charge is 0.225 e. The van der Waals surface area contributed by atoms with Crippen molar-refractivity contribution in [3.63, 3.8) is 0 Å². The van der Waals surface area contributed by atoms with Crippen LogP contribution < -0.4 is 10.1 Å². The number of carbonyl (C=O) groups excluding carboxylic acids is 1. The molecule has 1 unspecified atom stereocenters. The first-order chi connectivity index (χ1) is 11.9. The molecule has 25 heavy (non-hydrogen) atoms. The van der Waals surface area contributed by atoms with Crippen LogP contribution in [0.25, 0.3) is 0 Å². The first-order valence-corrected chi connectivity index (χ1v) is 8.57. The Morgan fingerprint density at radius 3 is 2.68 bits per heavy atom. The lowest BCUT2D eigenvalue weighted by Crippen LogP contribution is -2.29. The highest BCUT2D eigenvalue weighted by Crippen LogP contribution is 2.26. The average Bonchev–Trinajstić information content (AvgIpc) is 2.89. The van der Waals surface area contributed by atoms with Crippen LogP contribution in [0.3, 0.4) is 0 Å². The summed E-state index contributed by atoms with van der Waals surface area (Å²) in [6.07, 6.45) is 1.87. The number of methoxy groups -OCH3 is 1. The Hall–Kier alpha value is -2.37. The van der Waals surface area contributed by atoms with Gasteiger partial charge in [-0.25, -0.2) is 4.39 Å². The lowest BCUT2D eigenvalue weighted by molar-refractivity contribution is -0.121. The molecule has 1 aromatic heterocycles. The van der Waals surface area contributed by atoms with E-state index in [1.807, 2.05) is 25.6 Å². The fraction of sp³-hybridized carbons (Fsp3) is 0.474. The molecule has 1 N–H and O–H groups in total. The summed E-state index contributed by atoms with van der Waals surface area (Å²) in [5.41, 5.74) is 3.63. The van der Waals surface area contributed by atoms with E-state index in [-0.39, 0.29) is 24.2 Å². The van der Waals surface area contributed by atoms with Crippen LogP contribution in [-0.2, 0) is 31.1 Å². The zero-order valence-corrected chi connectivity index (χ0v) is 15.5. The topological polar surface area (TPSA) is 56.2 Å². The fourth-order valence-electron chi connectivity index (χ4n) is 3.17. The first kappa shape index (κ1) is 19.0. The molecule has 0 bridgehead atoms. The summed E-state index contributed by atoms with van der Waals surface area (Å²) in [5, 5.41) is 7.43. The monoisotopic (exact) mass is 347 g/mol. The maximum Gasteiger partial charge on any atom is 0.225 e. The molecule has 136 valence electrons. The van der Waals surface area contributed by atoms with E-state index in [1.54, 1.807) is 6.07 Å². The molecule has 6 heteroatoms. The molecule has 1 atom stereocenters. The molecule has 0 spiro atoms. The lowest BCUT2D eigenvalue weighted by atomic mass is 10.0. The minimum Gasteiger partial charge on any atom is -0.496 e. The van der Waals surface area contributed by atoms with Crippen molar-refractivity contribution in [2.24, 2.45) is 7.05 Å². The second-order valence-corrected chi connectivity index (χ2v) is 6.05. The molecule has 5 nitrogen and oxygen atoms in total. The number of aromatic nitrogens is 2. The Kier molecular flexibility index (Phi) is 6.17. The first-order valence-electron chi connectivity index (χ1n) is 8.57. The van der Waals surface area contributed by atoms with Gasteiger partial charge in [-0.3, -0.25) is 9.48 Å². The van der Waals surface area contributed by atoms with Gasteiger partial charge in [0.25, 0.3) is 0 Å². The summed E-state index contributed by atoms with van der Waals surface area (Å²) >= 11 is 0. The van der Waals surface area contributed by atoms with E-state index in [4.69, 9.17) is 4.74 Å². The van der Waals surface area contributed by atoms with E-state index in [2.05, 4.69) is 17.3 Å². The number of carbonyl (C=O) groups is 1. The number of aryl methyl sites for hydroxylation is 2. The molecule has 1 heterocycles. The molecule has 1 aromatic carbocycles.